The lowest BCUT2D eigenvalue weighted by molar-refractivity contribution is -0.138. The lowest BCUT2D eigenvalue weighted by Crippen LogP contribution is -2.45. The van der Waals surface area contributed by atoms with E-state index in [-0.39, 0.29) is 6.54 Å². The number of carboxylic acid groups (broad SMARTS) is 1. The minimum Gasteiger partial charge on any atom is -0.480 e. The van der Waals surface area contributed by atoms with E-state index in [4.69, 9.17) is 16.7 Å². The number of hydrogen-bond acceptors (Lipinski definition) is 3. The molecule has 116 valence electrons. The van der Waals surface area contributed by atoms with Gasteiger partial charge < -0.3 is 5.11 Å². The standard InChI is InChI=1S/C16H23ClN2O2/c1-12(13-4-3-5-14(17)10-13)19-8-6-15(7-9-19)18(2)11-16(20)21/h3-5,10,12,15H,6-9,11H2,1-2H3,(H,20,21). The average Bonchev–Trinajstić information content (AvgIpc) is 2.46. The molecular formula is C16H23ClN2O2. The molecule has 0 amide bonds. The van der Waals surface area contributed by atoms with Crippen molar-refractivity contribution in [2.45, 2.75) is 31.8 Å². The Balaban J connectivity index is 1.90. The van der Waals surface area contributed by atoms with Crippen LogP contribution in [0.4, 0.5) is 0 Å². The molecule has 0 bridgehead atoms. The maximum atomic E-state index is 10.8. The van der Waals surface area contributed by atoms with Crippen LogP contribution in [0.1, 0.15) is 31.4 Å². The fourth-order valence-electron chi connectivity index (χ4n) is 3.03. The van der Waals surface area contributed by atoms with Gasteiger partial charge in [-0.3, -0.25) is 14.6 Å². The molecule has 1 unspecified atom stereocenters. The highest BCUT2D eigenvalue weighted by Gasteiger charge is 2.26. The van der Waals surface area contributed by atoms with E-state index in [0.29, 0.717) is 12.1 Å². The Morgan fingerprint density at radius 3 is 2.71 bits per heavy atom. The average molecular weight is 311 g/mol. The highest BCUT2D eigenvalue weighted by atomic mass is 35.5. The number of carboxylic acids is 1. The molecule has 2 rings (SSSR count). The van der Waals surface area contributed by atoms with Crippen molar-refractivity contribution in [2.24, 2.45) is 0 Å². The third kappa shape index (κ3) is 4.43. The lowest BCUT2D eigenvalue weighted by atomic mass is 9.99. The Labute approximate surface area is 131 Å². The summed E-state index contributed by atoms with van der Waals surface area (Å²) in [5, 5.41) is 9.64. The fourth-order valence-corrected chi connectivity index (χ4v) is 3.23. The Morgan fingerprint density at radius 2 is 2.14 bits per heavy atom. The molecule has 1 heterocycles. The van der Waals surface area contributed by atoms with Crippen molar-refractivity contribution in [1.29, 1.82) is 0 Å². The first-order chi connectivity index (χ1) is 9.97. The third-order valence-corrected chi connectivity index (χ3v) is 4.62. The van der Waals surface area contributed by atoms with E-state index >= 15 is 0 Å². The first-order valence-electron chi connectivity index (χ1n) is 7.39. The van der Waals surface area contributed by atoms with Crippen molar-refractivity contribution >= 4 is 17.6 Å². The first-order valence-corrected chi connectivity index (χ1v) is 7.76. The molecule has 0 radical (unpaired) electrons. The topological polar surface area (TPSA) is 43.8 Å². The number of nitrogens with zero attached hydrogens (tertiary/aromatic N) is 2. The van der Waals surface area contributed by atoms with Gasteiger partial charge >= 0.3 is 5.97 Å². The number of likely N-dealkylation sites (tertiary alicyclic amines) is 1. The molecule has 1 saturated heterocycles. The summed E-state index contributed by atoms with van der Waals surface area (Å²) in [6.45, 7) is 4.30. The largest absolute Gasteiger partial charge is 0.480 e. The van der Waals surface area contributed by atoms with Crippen LogP contribution in [-0.2, 0) is 4.79 Å². The number of halogens is 1. The molecule has 1 aliphatic rings. The van der Waals surface area contributed by atoms with Crippen LogP contribution in [0.2, 0.25) is 5.02 Å². The molecule has 1 aromatic carbocycles. The molecular weight excluding hydrogens is 288 g/mol. The number of piperidine rings is 1. The Morgan fingerprint density at radius 1 is 1.48 bits per heavy atom. The molecule has 1 N–H and O–H groups in total. The van der Waals surface area contributed by atoms with Crippen LogP contribution >= 0.6 is 11.6 Å². The molecule has 1 aromatic rings. The summed E-state index contributed by atoms with van der Waals surface area (Å²) in [6, 6.07) is 8.72. The summed E-state index contributed by atoms with van der Waals surface area (Å²) < 4.78 is 0. The van der Waals surface area contributed by atoms with Crippen LogP contribution in [0.15, 0.2) is 24.3 Å². The Bertz CT molecular complexity index is 487. The van der Waals surface area contributed by atoms with Gasteiger partial charge in [0.15, 0.2) is 0 Å². The van der Waals surface area contributed by atoms with Crippen molar-refractivity contribution in [1.82, 2.24) is 9.80 Å². The van der Waals surface area contributed by atoms with E-state index in [1.807, 2.05) is 30.1 Å². The van der Waals surface area contributed by atoms with Crippen molar-refractivity contribution in [3.8, 4) is 0 Å². The van der Waals surface area contributed by atoms with Crippen molar-refractivity contribution in [2.75, 3.05) is 26.7 Å². The van der Waals surface area contributed by atoms with Crippen LogP contribution < -0.4 is 0 Å². The molecule has 1 atom stereocenters. The fraction of sp³-hybridized carbons (Fsp3) is 0.562. The van der Waals surface area contributed by atoms with Crippen LogP contribution in [0, 0.1) is 0 Å². The summed E-state index contributed by atoms with van der Waals surface area (Å²) in [7, 11) is 1.90. The van der Waals surface area contributed by atoms with Gasteiger partial charge in [-0.15, -0.1) is 0 Å². The van der Waals surface area contributed by atoms with Crippen molar-refractivity contribution < 1.29 is 9.90 Å². The zero-order chi connectivity index (χ0) is 15.4. The van der Waals surface area contributed by atoms with Gasteiger partial charge in [0.05, 0.1) is 6.54 Å². The predicted molar refractivity (Wildman–Crippen MR) is 84.7 cm³/mol. The molecule has 0 saturated carbocycles. The maximum Gasteiger partial charge on any atom is 0.317 e. The van der Waals surface area contributed by atoms with Crippen LogP contribution in [-0.4, -0.2) is 53.6 Å². The molecule has 5 heteroatoms. The number of hydrogen-bond donors (Lipinski definition) is 1. The second-order valence-electron chi connectivity index (χ2n) is 5.81. The van der Waals surface area contributed by atoms with E-state index in [0.717, 1.165) is 31.0 Å². The Kier molecular flexibility index (Phi) is 5.62. The van der Waals surface area contributed by atoms with Gasteiger partial charge in [-0.05, 0) is 44.5 Å². The second kappa shape index (κ2) is 7.25. The second-order valence-corrected chi connectivity index (χ2v) is 6.24. The van der Waals surface area contributed by atoms with Gasteiger partial charge in [0.2, 0.25) is 0 Å². The van der Waals surface area contributed by atoms with Crippen LogP contribution in [0.25, 0.3) is 0 Å². The molecule has 0 aromatic heterocycles. The molecule has 0 aliphatic carbocycles. The summed E-state index contributed by atoms with van der Waals surface area (Å²) in [6.07, 6.45) is 2.02. The van der Waals surface area contributed by atoms with Gasteiger partial charge in [0, 0.05) is 30.2 Å². The minimum atomic E-state index is -0.757. The van der Waals surface area contributed by atoms with E-state index in [2.05, 4.69) is 17.9 Å². The Hall–Kier alpha value is -1.10. The SMILES string of the molecule is CC(c1cccc(Cl)c1)N1CCC(N(C)CC(=O)O)CC1. The van der Waals surface area contributed by atoms with Gasteiger partial charge in [0.1, 0.15) is 0 Å². The zero-order valence-corrected chi connectivity index (χ0v) is 13.4. The third-order valence-electron chi connectivity index (χ3n) is 4.39. The number of aliphatic carboxylic acids is 1. The van der Waals surface area contributed by atoms with Crippen LogP contribution in [0.3, 0.4) is 0 Å². The van der Waals surface area contributed by atoms with Gasteiger partial charge in [0.25, 0.3) is 0 Å². The molecule has 21 heavy (non-hydrogen) atoms. The number of likely N-dealkylation sites (N-methyl/N-ethyl adjacent to an activating group) is 1. The monoisotopic (exact) mass is 310 g/mol. The summed E-state index contributed by atoms with van der Waals surface area (Å²) in [5.41, 5.74) is 1.24. The van der Waals surface area contributed by atoms with Crippen molar-refractivity contribution in [3.63, 3.8) is 0 Å². The van der Waals surface area contributed by atoms with Crippen molar-refractivity contribution in [3.05, 3.63) is 34.9 Å². The van der Waals surface area contributed by atoms with E-state index in [1.54, 1.807) is 0 Å². The highest BCUT2D eigenvalue weighted by Crippen LogP contribution is 2.27. The van der Waals surface area contributed by atoms with Crippen LogP contribution in [0.5, 0.6) is 0 Å². The summed E-state index contributed by atoms with van der Waals surface area (Å²) in [5.74, 6) is -0.757. The summed E-state index contributed by atoms with van der Waals surface area (Å²) >= 11 is 6.06. The van der Waals surface area contributed by atoms with Gasteiger partial charge in [-0.2, -0.15) is 0 Å². The lowest BCUT2D eigenvalue weighted by Gasteiger charge is -2.39. The van der Waals surface area contributed by atoms with Gasteiger partial charge in [-0.25, -0.2) is 0 Å². The summed E-state index contributed by atoms with van der Waals surface area (Å²) in [4.78, 5) is 15.2. The molecule has 4 nitrogen and oxygen atoms in total. The minimum absolute atomic E-state index is 0.120. The van der Waals surface area contributed by atoms with E-state index in [1.165, 1.54) is 5.56 Å². The zero-order valence-electron chi connectivity index (χ0n) is 12.6. The maximum absolute atomic E-state index is 10.8. The molecule has 1 aliphatic heterocycles. The molecule has 1 fully saturated rings. The van der Waals surface area contributed by atoms with E-state index in [9.17, 15) is 4.79 Å². The number of carbonyl (C=O) groups is 1. The number of rotatable bonds is 5. The molecule has 0 spiro atoms. The number of benzene rings is 1. The first kappa shape index (κ1) is 16.3. The highest BCUT2D eigenvalue weighted by molar-refractivity contribution is 6.30. The van der Waals surface area contributed by atoms with E-state index < -0.39 is 5.97 Å². The smallest absolute Gasteiger partial charge is 0.317 e. The quantitative estimate of drug-likeness (QED) is 0.908. The normalized spacial score (nSPS) is 18.9. The van der Waals surface area contributed by atoms with Gasteiger partial charge in [-0.1, -0.05) is 23.7 Å². The predicted octanol–water partition coefficient (Wildman–Crippen LogP) is 2.88.